The van der Waals surface area contributed by atoms with Crippen molar-refractivity contribution in [3.63, 3.8) is 0 Å². The molecular weight excluding hydrogens is 268 g/mol. The highest BCUT2D eigenvalue weighted by Gasteiger charge is 2.18. The number of para-hydroxylation sites is 2. The monoisotopic (exact) mass is 286 g/mol. The van der Waals surface area contributed by atoms with Crippen molar-refractivity contribution in [3.05, 3.63) is 63.7 Å². The molecule has 0 aromatic heterocycles. The van der Waals surface area contributed by atoms with Crippen LogP contribution in [0.4, 0.5) is 5.69 Å². The van der Waals surface area contributed by atoms with Gasteiger partial charge in [0.2, 0.25) is 5.75 Å². The first-order chi connectivity index (χ1) is 10.1. The minimum absolute atomic E-state index is 0.0201. The normalized spacial score (nSPS) is 10.4. The summed E-state index contributed by atoms with van der Waals surface area (Å²) >= 11 is 0. The van der Waals surface area contributed by atoms with Gasteiger partial charge in [-0.25, -0.2) is 0 Å². The van der Waals surface area contributed by atoms with E-state index in [4.69, 9.17) is 4.74 Å². The van der Waals surface area contributed by atoms with Gasteiger partial charge < -0.3 is 10.1 Å². The van der Waals surface area contributed by atoms with Gasteiger partial charge in [-0.1, -0.05) is 37.3 Å². The second-order valence-corrected chi connectivity index (χ2v) is 4.67. The minimum Gasteiger partial charge on any atom is -0.450 e. The molecule has 0 aliphatic rings. The zero-order chi connectivity index (χ0) is 15.2. The van der Waals surface area contributed by atoms with Gasteiger partial charge in [0.05, 0.1) is 4.92 Å². The molecule has 21 heavy (non-hydrogen) atoms. The van der Waals surface area contributed by atoms with Crippen molar-refractivity contribution in [1.82, 2.24) is 5.32 Å². The molecule has 2 rings (SSSR count). The molecular formula is C16H18N2O3. The fraction of sp³-hybridized carbons (Fsp3) is 0.250. The Morgan fingerprint density at radius 3 is 2.67 bits per heavy atom. The maximum Gasteiger partial charge on any atom is 0.311 e. The number of hydrogen-bond acceptors (Lipinski definition) is 4. The number of nitro groups is 1. The lowest BCUT2D eigenvalue weighted by atomic mass is 10.1. The quantitative estimate of drug-likeness (QED) is 0.648. The maximum atomic E-state index is 11.1. The third-order valence-electron chi connectivity index (χ3n) is 3.14. The number of benzene rings is 2. The Balaban J connectivity index is 2.37. The molecule has 0 atom stereocenters. The third kappa shape index (κ3) is 3.58. The average Bonchev–Trinajstić information content (AvgIpc) is 2.48. The van der Waals surface area contributed by atoms with Gasteiger partial charge in [-0.2, -0.15) is 0 Å². The predicted molar refractivity (Wildman–Crippen MR) is 81.7 cm³/mol. The molecule has 0 saturated heterocycles. The van der Waals surface area contributed by atoms with Crippen LogP contribution in [0.3, 0.4) is 0 Å². The lowest BCUT2D eigenvalue weighted by molar-refractivity contribution is -0.385. The van der Waals surface area contributed by atoms with Crippen LogP contribution >= 0.6 is 0 Å². The Kier molecular flexibility index (Phi) is 4.90. The number of aryl methyl sites for hydroxylation is 1. The minimum atomic E-state index is -0.421. The van der Waals surface area contributed by atoms with Crippen molar-refractivity contribution in [1.29, 1.82) is 0 Å². The van der Waals surface area contributed by atoms with Crippen LogP contribution in [-0.4, -0.2) is 11.5 Å². The summed E-state index contributed by atoms with van der Waals surface area (Å²) in [5.74, 6) is 0.933. The van der Waals surface area contributed by atoms with Crippen LogP contribution in [0.25, 0.3) is 0 Å². The molecule has 0 unspecified atom stereocenters. The lowest BCUT2D eigenvalue weighted by Crippen LogP contribution is -2.12. The number of hydrogen-bond donors (Lipinski definition) is 1. The van der Waals surface area contributed by atoms with Crippen LogP contribution in [0.2, 0.25) is 0 Å². The fourth-order valence-electron chi connectivity index (χ4n) is 2.03. The second-order valence-electron chi connectivity index (χ2n) is 4.67. The smallest absolute Gasteiger partial charge is 0.311 e. The van der Waals surface area contributed by atoms with E-state index in [9.17, 15) is 10.1 Å². The van der Waals surface area contributed by atoms with Crippen molar-refractivity contribution < 1.29 is 9.66 Å². The summed E-state index contributed by atoms with van der Waals surface area (Å²) < 4.78 is 5.85. The molecule has 0 bridgehead atoms. The SMILES string of the molecule is CCNCc1ccccc1Oc1c(C)cccc1[N+](=O)[O-]. The van der Waals surface area contributed by atoms with Crippen molar-refractivity contribution in [2.45, 2.75) is 20.4 Å². The number of ether oxygens (including phenoxy) is 1. The summed E-state index contributed by atoms with van der Waals surface area (Å²) in [6.45, 7) is 5.33. The summed E-state index contributed by atoms with van der Waals surface area (Å²) in [4.78, 5) is 10.7. The van der Waals surface area contributed by atoms with Gasteiger partial charge >= 0.3 is 5.69 Å². The topological polar surface area (TPSA) is 64.4 Å². The summed E-state index contributed by atoms with van der Waals surface area (Å²) in [7, 11) is 0. The van der Waals surface area contributed by atoms with Crippen molar-refractivity contribution in [3.8, 4) is 11.5 Å². The molecule has 0 radical (unpaired) electrons. The Morgan fingerprint density at radius 2 is 1.95 bits per heavy atom. The van der Waals surface area contributed by atoms with E-state index in [-0.39, 0.29) is 5.69 Å². The molecule has 1 N–H and O–H groups in total. The van der Waals surface area contributed by atoms with E-state index in [1.165, 1.54) is 6.07 Å². The van der Waals surface area contributed by atoms with Gasteiger partial charge in [-0.15, -0.1) is 0 Å². The summed E-state index contributed by atoms with van der Waals surface area (Å²) in [6, 6.07) is 12.5. The van der Waals surface area contributed by atoms with Crippen LogP contribution in [0, 0.1) is 17.0 Å². The highest BCUT2D eigenvalue weighted by molar-refractivity contribution is 5.53. The van der Waals surface area contributed by atoms with Gasteiger partial charge in [0.1, 0.15) is 5.75 Å². The molecule has 0 spiro atoms. The summed E-state index contributed by atoms with van der Waals surface area (Å²) in [5, 5.41) is 14.4. The highest BCUT2D eigenvalue weighted by atomic mass is 16.6. The average molecular weight is 286 g/mol. The molecule has 0 amide bonds. The van der Waals surface area contributed by atoms with Crippen LogP contribution in [0.5, 0.6) is 11.5 Å². The van der Waals surface area contributed by atoms with E-state index < -0.39 is 4.92 Å². The zero-order valence-electron chi connectivity index (χ0n) is 12.1. The van der Waals surface area contributed by atoms with Crippen LogP contribution in [0.15, 0.2) is 42.5 Å². The molecule has 0 aliphatic carbocycles. The molecule has 0 fully saturated rings. The van der Waals surface area contributed by atoms with Gasteiger partial charge in [0.25, 0.3) is 0 Å². The number of nitrogens with one attached hydrogen (secondary N) is 1. The summed E-state index contributed by atoms with van der Waals surface area (Å²) in [6.07, 6.45) is 0. The van der Waals surface area contributed by atoms with Gasteiger partial charge in [-0.3, -0.25) is 10.1 Å². The molecule has 0 aliphatic heterocycles. The number of nitrogens with zero attached hydrogens (tertiary/aromatic N) is 1. The van der Waals surface area contributed by atoms with Crippen LogP contribution in [-0.2, 0) is 6.54 Å². The van der Waals surface area contributed by atoms with Gasteiger partial charge in [0.15, 0.2) is 0 Å². The van der Waals surface area contributed by atoms with Crippen molar-refractivity contribution >= 4 is 5.69 Å². The zero-order valence-corrected chi connectivity index (χ0v) is 12.1. The Bertz CT molecular complexity index is 641. The molecule has 2 aromatic rings. The molecule has 2 aromatic carbocycles. The Labute approximate surface area is 123 Å². The van der Waals surface area contributed by atoms with E-state index in [1.54, 1.807) is 19.1 Å². The van der Waals surface area contributed by atoms with E-state index in [1.807, 2.05) is 31.2 Å². The van der Waals surface area contributed by atoms with Crippen molar-refractivity contribution in [2.24, 2.45) is 0 Å². The van der Waals surface area contributed by atoms with Gasteiger partial charge in [0, 0.05) is 18.2 Å². The van der Waals surface area contributed by atoms with Crippen molar-refractivity contribution in [2.75, 3.05) is 6.54 Å². The Hall–Kier alpha value is -2.40. The van der Waals surface area contributed by atoms with Gasteiger partial charge in [-0.05, 0) is 25.1 Å². The molecule has 110 valence electrons. The fourth-order valence-corrected chi connectivity index (χ4v) is 2.03. The van der Waals surface area contributed by atoms with Crippen LogP contribution < -0.4 is 10.1 Å². The Morgan fingerprint density at radius 1 is 1.19 bits per heavy atom. The first-order valence-corrected chi connectivity index (χ1v) is 6.84. The van der Waals surface area contributed by atoms with E-state index >= 15 is 0 Å². The van der Waals surface area contributed by atoms with Crippen LogP contribution in [0.1, 0.15) is 18.1 Å². The lowest BCUT2D eigenvalue weighted by Gasteiger charge is -2.13. The molecule has 0 saturated carbocycles. The molecule has 5 nitrogen and oxygen atoms in total. The van der Waals surface area contributed by atoms with E-state index in [2.05, 4.69) is 5.32 Å². The van der Waals surface area contributed by atoms with E-state index in [0.29, 0.717) is 18.0 Å². The third-order valence-corrected chi connectivity index (χ3v) is 3.14. The molecule has 0 heterocycles. The summed E-state index contributed by atoms with van der Waals surface area (Å²) in [5.41, 5.74) is 1.69. The standard InChI is InChI=1S/C16H18N2O3/c1-3-17-11-13-8-4-5-10-15(13)21-16-12(2)7-6-9-14(16)18(19)20/h4-10,17H,3,11H2,1-2H3. The molecule has 5 heteroatoms. The predicted octanol–water partition coefficient (Wildman–Crippen LogP) is 3.81. The van der Waals surface area contributed by atoms with E-state index in [0.717, 1.165) is 17.7 Å². The maximum absolute atomic E-state index is 11.1. The number of nitro benzene ring substituents is 1. The second kappa shape index (κ2) is 6.85. The largest absolute Gasteiger partial charge is 0.450 e. The first kappa shape index (κ1) is 15.0. The number of rotatable bonds is 6. The highest BCUT2D eigenvalue weighted by Crippen LogP contribution is 2.35. The first-order valence-electron chi connectivity index (χ1n) is 6.84.